The van der Waals surface area contributed by atoms with Crippen LogP contribution < -0.4 is 10.6 Å². The summed E-state index contributed by atoms with van der Waals surface area (Å²) in [6.07, 6.45) is 6.99. The summed E-state index contributed by atoms with van der Waals surface area (Å²) < 4.78 is 5.61. The maximum atomic E-state index is 12.9. The first-order chi connectivity index (χ1) is 16.0. The number of nitrogens with one attached hydrogen (secondary N) is 2. The number of amides is 2. The van der Waals surface area contributed by atoms with Gasteiger partial charge in [-0.2, -0.15) is 0 Å². The van der Waals surface area contributed by atoms with Gasteiger partial charge in [0.05, 0.1) is 0 Å². The van der Waals surface area contributed by atoms with Crippen LogP contribution in [0.2, 0.25) is 0 Å². The molecule has 0 aliphatic carbocycles. The summed E-state index contributed by atoms with van der Waals surface area (Å²) in [7, 11) is 0. The van der Waals surface area contributed by atoms with E-state index >= 15 is 0 Å². The zero-order valence-electron chi connectivity index (χ0n) is 19.4. The molecule has 33 heavy (non-hydrogen) atoms. The Balaban J connectivity index is 1.37. The molecule has 2 N–H and O–H groups in total. The van der Waals surface area contributed by atoms with E-state index in [0.717, 1.165) is 38.9 Å². The Labute approximate surface area is 201 Å². The Bertz CT molecular complexity index is 942. The average molecular weight is 467 g/mol. The minimum Gasteiger partial charge on any atom is -0.381 e. The third-order valence-electron chi connectivity index (χ3n) is 7.23. The molecule has 2 saturated heterocycles. The van der Waals surface area contributed by atoms with Crippen LogP contribution in [0.25, 0.3) is 0 Å². The maximum absolute atomic E-state index is 12.9. The molecule has 2 fully saturated rings. The highest BCUT2D eigenvalue weighted by molar-refractivity contribution is 7.98. The number of benzene rings is 2. The molecule has 2 aliphatic heterocycles. The molecule has 2 heterocycles. The molecule has 2 aliphatic rings. The Morgan fingerprint density at radius 3 is 2.42 bits per heavy atom. The van der Waals surface area contributed by atoms with Crippen molar-refractivity contribution in [3.05, 3.63) is 65.7 Å². The second kappa shape index (κ2) is 10.7. The average Bonchev–Trinajstić information content (AvgIpc) is 3.23. The summed E-state index contributed by atoms with van der Waals surface area (Å²) in [5.41, 5.74) is 2.04. The van der Waals surface area contributed by atoms with Crippen LogP contribution in [0.5, 0.6) is 0 Å². The number of carbonyl (C=O) groups is 2. The zero-order valence-corrected chi connectivity index (χ0v) is 20.2. The first-order valence-corrected chi connectivity index (χ1v) is 13.1. The lowest BCUT2D eigenvalue weighted by molar-refractivity contribution is -0.123. The normalized spacial score (nSPS) is 22.0. The van der Waals surface area contributed by atoms with E-state index in [2.05, 4.69) is 65.4 Å². The van der Waals surface area contributed by atoms with E-state index in [9.17, 15) is 9.59 Å². The smallest absolute Gasteiger partial charge is 0.220 e. The molecule has 0 saturated carbocycles. The molecule has 2 amide bonds. The van der Waals surface area contributed by atoms with Crippen LogP contribution in [-0.2, 0) is 26.2 Å². The van der Waals surface area contributed by atoms with E-state index in [1.807, 2.05) is 6.07 Å². The largest absolute Gasteiger partial charge is 0.381 e. The van der Waals surface area contributed by atoms with Crippen LogP contribution in [0.1, 0.15) is 49.7 Å². The summed E-state index contributed by atoms with van der Waals surface area (Å²) in [4.78, 5) is 26.2. The minimum atomic E-state index is -0.342. The van der Waals surface area contributed by atoms with Crippen molar-refractivity contribution in [1.82, 2.24) is 10.6 Å². The van der Waals surface area contributed by atoms with Crippen molar-refractivity contribution in [2.45, 2.75) is 60.8 Å². The van der Waals surface area contributed by atoms with E-state index < -0.39 is 0 Å². The fraction of sp³-hybridized carbons (Fsp3) is 0.481. The predicted molar refractivity (Wildman–Crippen MR) is 132 cm³/mol. The van der Waals surface area contributed by atoms with E-state index in [1.165, 1.54) is 16.0 Å². The number of carbonyl (C=O) groups excluding carboxylic acids is 2. The lowest BCUT2D eigenvalue weighted by Gasteiger charge is -2.38. The van der Waals surface area contributed by atoms with Gasteiger partial charge in [0.25, 0.3) is 0 Å². The van der Waals surface area contributed by atoms with E-state index in [-0.39, 0.29) is 22.8 Å². The summed E-state index contributed by atoms with van der Waals surface area (Å²) >= 11 is 1.72. The predicted octanol–water partition coefficient (Wildman–Crippen LogP) is 4.24. The first kappa shape index (κ1) is 23.8. The van der Waals surface area contributed by atoms with Gasteiger partial charge in [0.1, 0.15) is 0 Å². The van der Waals surface area contributed by atoms with Gasteiger partial charge >= 0.3 is 0 Å². The molecular weight excluding hydrogens is 432 g/mol. The molecule has 0 radical (unpaired) electrons. The van der Waals surface area contributed by atoms with Gasteiger partial charge in [-0.1, -0.05) is 42.5 Å². The standard InChI is InChI=1S/C27H34N2O3S/c1-33-23-9-7-21(8-10-23)19-27(14-12-25(31)29-27)13-11-24(30)28-20-26(15-17-32-18-16-26)22-5-3-2-4-6-22/h2-10H,11-20H2,1H3,(H,28,30)(H,29,31)/t27-/m0/s1. The van der Waals surface area contributed by atoms with Crippen LogP contribution in [0, 0.1) is 0 Å². The maximum Gasteiger partial charge on any atom is 0.220 e. The highest BCUT2D eigenvalue weighted by Gasteiger charge is 2.38. The molecule has 0 aromatic heterocycles. The summed E-state index contributed by atoms with van der Waals surface area (Å²) in [6.45, 7) is 2.05. The summed E-state index contributed by atoms with van der Waals surface area (Å²) in [5.74, 6) is 0.136. The number of hydrogen-bond donors (Lipinski definition) is 2. The van der Waals surface area contributed by atoms with Gasteiger partial charge in [0, 0.05) is 48.4 Å². The lowest BCUT2D eigenvalue weighted by Crippen LogP contribution is -2.46. The second-order valence-electron chi connectivity index (χ2n) is 9.39. The Hall–Kier alpha value is -2.31. The lowest BCUT2D eigenvalue weighted by atomic mass is 9.74. The molecule has 6 heteroatoms. The van der Waals surface area contributed by atoms with Crippen LogP contribution >= 0.6 is 11.8 Å². The Kier molecular flexibility index (Phi) is 7.76. The summed E-state index contributed by atoms with van der Waals surface area (Å²) in [5, 5.41) is 6.41. The Morgan fingerprint density at radius 1 is 1.06 bits per heavy atom. The van der Waals surface area contributed by atoms with Gasteiger partial charge < -0.3 is 15.4 Å². The molecule has 2 aromatic rings. The fourth-order valence-corrected chi connectivity index (χ4v) is 5.55. The molecular formula is C27H34N2O3S. The number of hydrogen-bond acceptors (Lipinski definition) is 4. The van der Waals surface area contributed by atoms with Crippen molar-refractivity contribution in [3.8, 4) is 0 Å². The third-order valence-corrected chi connectivity index (χ3v) is 7.97. The summed E-state index contributed by atoms with van der Waals surface area (Å²) in [6, 6.07) is 19.0. The van der Waals surface area contributed by atoms with Crippen molar-refractivity contribution in [1.29, 1.82) is 0 Å². The van der Waals surface area contributed by atoms with E-state index in [1.54, 1.807) is 11.8 Å². The van der Waals surface area contributed by atoms with Crippen LogP contribution in [0.4, 0.5) is 0 Å². The van der Waals surface area contributed by atoms with Crippen LogP contribution in [-0.4, -0.2) is 43.4 Å². The van der Waals surface area contributed by atoms with Gasteiger partial charge in [0.15, 0.2) is 0 Å². The van der Waals surface area contributed by atoms with Crippen LogP contribution in [0.15, 0.2) is 59.5 Å². The first-order valence-electron chi connectivity index (χ1n) is 11.9. The molecule has 2 aromatic carbocycles. The van der Waals surface area contributed by atoms with Gasteiger partial charge in [-0.25, -0.2) is 0 Å². The highest BCUT2D eigenvalue weighted by Crippen LogP contribution is 2.34. The van der Waals surface area contributed by atoms with Gasteiger partial charge in [-0.05, 0) is 61.6 Å². The number of ether oxygens (including phenoxy) is 1. The molecule has 0 spiro atoms. The topological polar surface area (TPSA) is 67.4 Å². The van der Waals surface area contributed by atoms with Gasteiger partial charge in [-0.15, -0.1) is 11.8 Å². The van der Waals surface area contributed by atoms with Crippen molar-refractivity contribution >= 4 is 23.6 Å². The molecule has 176 valence electrons. The number of thioether (sulfide) groups is 1. The highest BCUT2D eigenvalue weighted by atomic mass is 32.2. The molecule has 4 rings (SSSR count). The zero-order chi connectivity index (χ0) is 23.2. The second-order valence-corrected chi connectivity index (χ2v) is 10.3. The van der Waals surface area contributed by atoms with Crippen molar-refractivity contribution in [3.63, 3.8) is 0 Å². The quantitative estimate of drug-likeness (QED) is 0.543. The molecule has 1 atom stereocenters. The fourth-order valence-electron chi connectivity index (χ4n) is 5.15. The van der Waals surface area contributed by atoms with Crippen molar-refractivity contribution in [2.24, 2.45) is 0 Å². The van der Waals surface area contributed by atoms with Crippen molar-refractivity contribution in [2.75, 3.05) is 26.0 Å². The van der Waals surface area contributed by atoms with E-state index in [4.69, 9.17) is 4.74 Å². The SMILES string of the molecule is CSc1ccc(C[C@]2(CCC(=O)NCC3(c4ccccc4)CCOCC3)CCC(=O)N2)cc1. The Morgan fingerprint density at radius 2 is 1.79 bits per heavy atom. The number of rotatable bonds is 9. The van der Waals surface area contributed by atoms with Gasteiger partial charge in [0.2, 0.25) is 11.8 Å². The van der Waals surface area contributed by atoms with Gasteiger partial charge in [-0.3, -0.25) is 9.59 Å². The van der Waals surface area contributed by atoms with Crippen molar-refractivity contribution < 1.29 is 14.3 Å². The van der Waals surface area contributed by atoms with Crippen LogP contribution in [0.3, 0.4) is 0 Å². The monoisotopic (exact) mass is 466 g/mol. The third kappa shape index (κ3) is 5.98. The molecule has 5 nitrogen and oxygen atoms in total. The molecule has 0 unspecified atom stereocenters. The molecule has 0 bridgehead atoms. The van der Waals surface area contributed by atoms with E-state index in [0.29, 0.717) is 25.8 Å². The minimum absolute atomic E-state index is 0.0510.